The van der Waals surface area contributed by atoms with Crippen molar-refractivity contribution in [2.75, 3.05) is 0 Å². The zero-order chi connectivity index (χ0) is 19.1. The standard InChI is InChI=1S/C24H36O2/c1-2-3-4-5-6-7-8-9-10-11-12-13-14-15-16-17-18-19-20-21-22-23-24(25)26/h3-4,6-7,9-10,12-13,15-16,18-19H,2,5,8,11,14,17,20-23H2,1H3,(H,25,26)/b4-3?,7-6-,10-9-,13-12-,16-15-,19-18-. The zero-order valence-corrected chi connectivity index (χ0v) is 16.4. The van der Waals surface area contributed by atoms with Crippen molar-refractivity contribution in [1.29, 1.82) is 0 Å². The minimum absolute atomic E-state index is 0.280. The lowest BCUT2D eigenvalue weighted by atomic mass is 10.2. The number of carbonyl (C=O) groups is 1. The predicted octanol–water partition coefficient (Wildman–Crippen LogP) is 7.33. The van der Waals surface area contributed by atoms with E-state index in [1.807, 2.05) is 0 Å². The van der Waals surface area contributed by atoms with Crippen LogP contribution in [0.3, 0.4) is 0 Å². The summed E-state index contributed by atoms with van der Waals surface area (Å²) >= 11 is 0. The molecule has 0 aromatic heterocycles. The Morgan fingerprint density at radius 3 is 1.38 bits per heavy atom. The van der Waals surface area contributed by atoms with Crippen LogP contribution >= 0.6 is 0 Å². The maximum atomic E-state index is 10.4. The van der Waals surface area contributed by atoms with E-state index in [1.54, 1.807) is 0 Å². The molecule has 0 saturated heterocycles. The molecule has 0 unspecified atom stereocenters. The molecule has 26 heavy (non-hydrogen) atoms. The van der Waals surface area contributed by atoms with E-state index in [2.05, 4.69) is 79.8 Å². The Bertz CT molecular complexity index is 490. The Kier molecular flexibility index (Phi) is 19.3. The predicted molar refractivity (Wildman–Crippen MR) is 114 cm³/mol. The molecule has 2 heteroatoms. The molecule has 0 aliphatic carbocycles. The van der Waals surface area contributed by atoms with Gasteiger partial charge in [0.2, 0.25) is 0 Å². The molecule has 0 heterocycles. The molecule has 2 nitrogen and oxygen atoms in total. The number of allylic oxidation sites excluding steroid dienone is 12. The number of carboxylic acid groups (broad SMARTS) is 1. The number of hydrogen-bond acceptors (Lipinski definition) is 1. The number of aliphatic carboxylic acids is 1. The van der Waals surface area contributed by atoms with E-state index in [9.17, 15) is 4.79 Å². The lowest BCUT2D eigenvalue weighted by Gasteiger charge is -1.92. The topological polar surface area (TPSA) is 37.3 Å². The summed E-state index contributed by atoms with van der Waals surface area (Å²) in [6.45, 7) is 2.15. The van der Waals surface area contributed by atoms with Gasteiger partial charge >= 0.3 is 5.97 Å². The zero-order valence-electron chi connectivity index (χ0n) is 16.4. The van der Waals surface area contributed by atoms with Crippen molar-refractivity contribution in [2.45, 2.75) is 71.1 Å². The first-order chi connectivity index (χ1) is 12.8. The SMILES string of the molecule is CCC=CC/C=C\C/C=C\C/C=C\C/C=C\C/C=C\CCCCC(=O)O. The molecule has 0 aliphatic rings. The molecule has 0 aromatic carbocycles. The molecule has 0 saturated carbocycles. The highest BCUT2D eigenvalue weighted by Gasteiger charge is 1.93. The van der Waals surface area contributed by atoms with E-state index < -0.39 is 5.97 Å². The van der Waals surface area contributed by atoms with E-state index in [-0.39, 0.29) is 6.42 Å². The molecule has 0 aliphatic heterocycles. The van der Waals surface area contributed by atoms with E-state index in [0.29, 0.717) is 0 Å². The highest BCUT2D eigenvalue weighted by Crippen LogP contribution is 2.02. The largest absolute Gasteiger partial charge is 0.481 e. The van der Waals surface area contributed by atoms with Gasteiger partial charge in [-0.2, -0.15) is 0 Å². The van der Waals surface area contributed by atoms with Gasteiger partial charge in [-0.3, -0.25) is 4.79 Å². The van der Waals surface area contributed by atoms with Crippen molar-refractivity contribution in [3.8, 4) is 0 Å². The molecule has 0 bridgehead atoms. The van der Waals surface area contributed by atoms with Crippen molar-refractivity contribution in [3.05, 3.63) is 72.9 Å². The third-order valence-corrected chi connectivity index (χ3v) is 3.61. The maximum absolute atomic E-state index is 10.4. The van der Waals surface area contributed by atoms with Gasteiger partial charge in [0.1, 0.15) is 0 Å². The van der Waals surface area contributed by atoms with E-state index >= 15 is 0 Å². The molecular formula is C24H36O2. The van der Waals surface area contributed by atoms with Gasteiger partial charge in [-0.1, -0.05) is 79.8 Å². The van der Waals surface area contributed by atoms with Crippen molar-refractivity contribution in [3.63, 3.8) is 0 Å². The minimum Gasteiger partial charge on any atom is -0.481 e. The summed E-state index contributed by atoms with van der Waals surface area (Å²) in [7, 11) is 0. The first-order valence-electron chi connectivity index (χ1n) is 9.89. The highest BCUT2D eigenvalue weighted by molar-refractivity contribution is 5.66. The second kappa shape index (κ2) is 21.0. The molecule has 0 spiro atoms. The molecule has 1 N–H and O–H groups in total. The Morgan fingerprint density at radius 1 is 0.615 bits per heavy atom. The molecule has 0 rings (SSSR count). The first kappa shape index (κ1) is 23.9. The summed E-state index contributed by atoms with van der Waals surface area (Å²) in [6, 6.07) is 0. The normalized spacial score (nSPS) is 13.0. The van der Waals surface area contributed by atoms with Gasteiger partial charge in [0.05, 0.1) is 0 Å². The number of hydrogen-bond donors (Lipinski definition) is 1. The Morgan fingerprint density at radius 2 is 1.00 bits per heavy atom. The molecule has 0 amide bonds. The highest BCUT2D eigenvalue weighted by atomic mass is 16.4. The molecule has 0 fully saturated rings. The van der Waals surface area contributed by atoms with Crippen LogP contribution in [0.15, 0.2) is 72.9 Å². The summed E-state index contributed by atoms with van der Waals surface area (Å²) in [4.78, 5) is 10.4. The lowest BCUT2D eigenvalue weighted by Crippen LogP contribution is -1.92. The van der Waals surface area contributed by atoms with Crippen LogP contribution in [-0.4, -0.2) is 11.1 Å². The van der Waals surface area contributed by atoms with Crippen LogP contribution in [-0.2, 0) is 4.79 Å². The van der Waals surface area contributed by atoms with Crippen LogP contribution in [0.1, 0.15) is 71.1 Å². The average molecular weight is 357 g/mol. The lowest BCUT2D eigenvalue weighted by molar-refractivity contribution is -0.137. The number of rotatable bonds is 16. The summed E-state index contributed by atoms with van der Waals surface area (Å²) in [5.74, 6) is -0.701. The van der Waals surface area contributed by atoms with E-state index in [4.69, 9.17) is 5.11 Å². The van der Waals surface area contributed by atoms with Gasteiger partial charge in [0, 0.05) is 6.42 Å². The fraction of sp³-hybridized carbons (Fsp3) is 0.458. The van der Waals surface area contributed by atoms with Crippen LogP contribution in [0.25, 0.3) is 0 Å². The Labute approximate surface area is 160 Å². The number of unbranched alkanes of at least 4 members (excludes halogenated alkanes) is 2. The van der Waals surface area contributed by atoms with E-state index in [1.165, 1.54) is 0 Å². The van der Waals surface area contributed by atoms with Crippen molar-refractivity contribution in [1.82, 2.24) is 0 Å². The third-order valence-electron chi connectivity index (χ3n) is 3.61. The van der Waals surface area contributed by atoms with Crippen LogP contribution in [0, 0.1) is 0 Å². The Balaban J connectivity index is 3.48. The van der Waals surface area contributed by atoms with Crippen LogP contribution < -0.4 is 0 Å². The first-order valence-corrected chi connectivity index (χ1v) is 9.89. The van der Waals surface area contributed by atoms with Crippen LogP contribution in [0.2, 0.25) is 0 Å². The average Bonchev–Trinajstić information content (AvgIpc) is 2.62. The second-order valence-electron chi connectivity index (χ2n) is 6.05. The quantitative estimate of drug-likeness (QED) is 0.232. The molecule has 0 aromatic rings. The van der Waals surface area contributed by atoms with Gasteiger partial charge in [-0.25, -0.2) is 0 Å². The molecule has 0 radical (unpaired) electrons. The van der Waals surface area contributed by atoms with Gasteiger partial charge in [0.25, 0.3) is 0 Å². The molecular weight excluding hydrogens is 320 g/mol. The summed E-state index contributed by atoms with van der Waals surface area (Å²) in [5.41, 5.74) is 0. The summed E-state index contributed by atoms with van der Waals surface area (Å²) < 4.78 is 0. The van der Waals surface area contributed by atoms with Gasteiger partial charge in [-0.15, -0.1) is 0 Å². The Hall–Kier alpha value is -2.09. The number of carboxylic acids is 1. The van der Waals surface area contributed by atoms with Gasteiger partial charge in [-0.05, 0) is 57.8 Å². The van der Waals surface area contributed by atoms with Crippen LogP contribution in [0.4, 0.5) is 0 Å². The van der Waals surface area contributed by atoms with Gasteiger partial charge < -0.3 is 5.11 Å². The second-order valence-corrected chi connectivity index (χ2v) is 6.05. The van der Waals surface area contributed by atoms with E-state index in [0.717, 1.165) is 57.8 Å². The monoisotopic (exact) mass is 356 g/mol. The fourth-order valence-electron chi connectivity index (χ4n) is 2.18. The van der Waals surface area contributed by atoms with Gasteiger partial charge in [0.15, 0.2) is 0 Å². The maximum Gasteiger partial charge on any atom is 0.303 e. The van der Waals surface area contributed by atoms with Crippen molar-refractivity contribution < 1.29 is 9.90 Å². The van der Waals surface area contributed by atoms with Crippen LogP contribution in [0.5, 0.6) is 0 Å². The smallest absolute Gasteiger partial charge is 0.303 e. The fourth-order valence-corrected chi connectivity index (χ4v) is 2.18. The molecule has 144 valence electrons. The summed E-state index contributed by atoms with van der Waals surface area (Å²) in [5, 5.41) is 8.53. The van der Waals surface area contributed by atoms with Crippen molar-refractivity contribution >= 4 is 5.97 Å². The summed E-state index contributed by atoms with van der Waals surface area (Å²) in [6.07, 6.45) is 35.3. The minimum atomic E-state index is -0.701. The molecule has 0 atom stereocenters. The van der Waals surface area contributed by atoms with Crippen molar-refractivity contribution in [2.24, 2.45) is 0 Å². The third kappa shape index (κ3) is 21.9.